The van der Waals surface area contributed by atoms with Crippen LogP contribution in [0.4, 0.5) is 0 Å². The Balaban J connectivity index is 1.81. The molecule has 1 atom stereocenters. The minimum absolute atomic E-state index is 0.252. The predicted molar refractivity (Wildman–Crippen MR) is 78.5 cm³/mol. The molecule has 1 aromatic rings. The molecule has 0 aliphatic heterocycles. The highest BCUT2D eigenvalue weighted by Crippen LogP contribution is 2.26. The van der Waals surface area contributed by atoms with Crippen LogP contribution in [0.2, 0.25) is 10.0 Å². The molecule has 1 N–H and O–H groups in total. The van der Waals surface area contributed by atoms with E-state index in [2.05, 4.69) is 24.2 Å². The first-order valence-corrected chi connectivity index (χ1v) is 7.22. The Morgan fingerprint density at radius 3 is 2.72 bits per heavy atom. The van der Waals surface area contributed by atoms with Gasteiger partial charge < -0.3 is 10.2 Å². The van der Waals surface area contributed by atoms with E-state index in [1.54, 1.807) is 6.07 Å². The second-order valence-corrected chi connectivity index (χ2v) is 5.90. The minimum atomic E-state index is 0.252. The summed E-state index contributed by atoms with van der Waals surface area (Å²) >= 11 is 12.1. The second-order valence-electron chi connectivity index (χ2n) is 5.05. The number of nitrogens with zero attached hydrogens (tertiary/aromatic N) is 1. The van der Waals surface area contributed by atoms with Crippen molar-refractivity contribution < 1.29 is 0 Å². The number of likely N-dealkylation sites (N-methyl/N-ethyl adjacent to an activating group) is 1. The van der Waals surface area contributed by atoms with E-state index in [9.17, 15) is 0 Å². The maximum atomic E-state index is 6.19. The Kier molecular flexibility index (Phi) is 4.91. The van der Waals surface area contributed by atoms with E-state index < -0.39 is 0 Å². The Bertz CT molecular complexity index is 405. The largest absolute Gasteiger partial charge is 0.309 e. The summed E-state index contributed by atoms with van der Waals surface area (Å²) in [7, 11) is 2.19. The summed E-state index contributed by atoms with van der Waals surface area (Å²) < 4.78 is 0. The first kappa shape index (κ1) is 14.1. The molecule has 1 unspecified atom stereocenters. The zero-order valence-electron chi connectivity index (χ0n) is 10.9. The molecule has 0 saturated heterocycles. The van der Waals surface area contributed by atoms with Crippen molar-refractivity contribution in [2.24, 2.45) is 0 Å². The average molecular weight is 287 g/mol. The fourth-order valence-corrected chi connectivity index (χ4v) is 2.69. The van der Waals surface area contributed by atoms with Gasteiger partial charge in [-0.1, -0.05) is 29.3 Å². The quantitative estimate of drug-likeness (QED) is 0.857. The topological polar surface area (TPSA) is 15.3 Å². The maximum Gasteiger partial charge on any atom is 0.0468 e. The molecule has 2 rings (SSSR count). The van der Waals surface area contributed by atoms with Gasteiger partial charge in [0.05, 0.1) is 0 Å². The van der Waals surface area contributed by atoms with Crippen LogP contribution in [0.25, 0.3) is 0 Å². The van der Waals surface area contributed by atoms with E-state index in [1.807, 2.05) is 12.1 Å². The van der Waals surface area contributed by atoms with Crippen molar-refractivity contribution in [1.29, 1.82) is 0 Å². The van der Waals surface area contributed by atoms with Gasteiger partial charge in [0, 0.05) is 35.2 Å². The Labute approximate surface area is 119 Å². The average Bonchev–Trinajstić information content (AvgIpc) is 3.12. The van der Waals surface area contributed by atoms with E-state index in [-0.39, 0.29) is 6.04 Å². The third-order valence-corrected chi connectivity index (χ3v) is 4.08. The Morgan fingerprint density at radius 2 is 2.11 bits per heavy atom. The van der Waals surface area contributed by atoms with Crippen LogP contribution in [-0.4, -0.2) is 31.1 Å². The number of benzene rings is 1. The molecule has 1 aromatic carbocycles. The molecule has 4 heteroatoms. The summed E-state index contributed by atoms with van der Waals surface area (Å²) in [5.41, 5.74) is 1.11. The van der Waals surface area contributed by atoms with E-state index in [0.29, 0.717) is 5.02 Å². The third-order valence-electron chi connectivity index (χ3n) is 3.51. The molecule has 1 aliphatic carbocycles. The lowest BCUT2D eigenvalue weighted by atomic mass is 10.1. The van der Waals surface area contributed by atoms with Crippen molar-refractivity contribution in [2.45, 2.75) is 31.8 Å². The second kappa shape index (κ2) is 6.25. The van der Waals surface area contributed by atoms with Crippen LogP contribution in [0.15, 0.2) is 18.2 Å². The molecular weight excluding hydrogens is 267 g/mol. The van der Waals surface area contributed by atoms with Crippen molar-refractivity contribution in [1.82, 2.24) is 10.2 Å². The Morgan fingerprint density at radius 1 is 1.39 bits per heavy atom. The van der Waals surface area contributed by atoms with E-state index >= 15 is 0 Å². The van der Waals surface area contributed by atoms with E-state index in [1.165, 1.54) is 12.8 Å². The van der Waals surface area contributed by atoms with Crippen LogP contribution in [0.3, 0.4) is 0 Å². The third kappa shape index (κ3) is 3.86. The molecule has 0 spiro atoms. The van der Waals surface area contributed by atoms with Gasteiger partial charge in [-0.3, -0.25) is 0 Å². The minimum Gasteiger partial charge on any atom is -0.309 e. The van der Waals surface area contributed by atoms with Crippen molar-refractivity contribution in [3.05, 3.63) is 33.8 Å². The number of rotatable bonds is 6. The number of halogens is 2. The molecule has 0 heterocycles. The lowest BCUT2D eigenvalue weighted by molar-refractivity contribution is 0.316. The van der Waals surface area contributed by atoms with Crippen LogP contribution in [0.5, 0.6) is 0 Å². The van der Waals surface area contributed by atoms with Gasteiger partial charge in [-0.05, 0) is 44.5 Å². The van der Waals surface area contributed by atoms with Gasteiger partial charge in [-0.25, -0.2) is 0 Å². The van der Waals surface area contributed by atoms with Crippen molar-refractivity contribution in [2.75, 3.05) is 20.1 Å². The molecular formula is C14H20Cl2N2. The van der Waals surface area contributed by atoms with Gasteiger partial charge in [0.2, 0.25) is 0 Å². The SMILES string of the molecule is CC(NCCN(C)C1CC1)c1ccc(Cl)cc1Cl. The lowest BCUT2D eigenvalue weighted by Gasteiger charge is -2.20. The zero-order valence-corrected chi connectivity index (χ0v) is 12.4. The van der Waals surface area contributed by atoms with Crippen LogP contribution in [-0.2, 0) is 0 Å². The van der Waals surface area contributed by atoms with E-state index in [4.69, 9.17) is 23.2 Å². The summed E-state index contributed by atoms with van der Waals surface area (Å²) in [6.45, 7) is 4.19. The fraction of sp³-hybridized carbons (Fsp3) is 0.571. The zero-order chi connectivity index (χ0) is 13.1. The van der Waals surface area contributed by atoms with Crippen LogP contribution in [0, 0.1) is 0 Å². The molecule has 0 radical (unpaired) electrons. The molecule has 0 aromatic heterocycles. The number of nitrogens with one attached hydrogen (secondary N) is 1. The van der Waals surface area contributed by atoms with Gasteiger partial charge in [0.25, 0.3) is 0 Å². The van der Waals surface area contributed by atoms with Gasteiger partial charge in [-0.2, -0.15) is 0 Å². The highest BCUT2D eigenvalue weighted by atomic mass is 35.5. The van der Waals surface area contributed by atoms with Gasteiger partial charge in [0.15, 0.2) is 0 Å². The number of hydrogen-bond acceptors (Lipinski definition) is 2. The summed E-state index contributed by atoms with van der Waals surface area (Å²) in [5.74, 6) is 0. The highest BCUT2D eigenvalue weighted by Gasteiger charge is 2.25. The highest BCUT2D eigenvalue weighted by molar-refractivity contribution is 6.35. The molecule has 1 fully saturated rings. The molecule has 0 amide bonds. The summed E-state index contributed by atoms with van der Waals surface area (Å²) in [6, 6.07) is 6.75. The predicted octanol–water partition coefficient (Wildman–Crippen LogP) is 3.74. The van der Waals surface area contributed by atoms with Crippen molar-refractivity contribution in [3.8, 4) is 0 Å². The maximum absolute atomic E-state index is 6.19. The van der Waals surface area contributed by atoms with Gasteiger partial charge in [-0.15, -0.1) is 0 Å². The van der Waals surface area contributed by atoms with Crippen LogP contribution in [0.1, 0.15) is 31.4 Å². The number of hydrogen-bond donors (Lipinski definition) is 1. The smallest absolute Gasteiger partial charge is 0.0468 e. The molecule has 1 saturated carbocycles. The molecule has 18 heavy (non-hydrogen) atoms. The normalized spacial score (nSPS) is 17.2. The monoisotopic (exact) mass is 286 g/mol. The lowest BCUT2D eigenvalue weighted by Crippen LogP contribution is -2.32. The summed E-state index contributed by atoms with van der Waals surface area (Å²) in [6.07, 6.45) is 2.71. The summed E-state index contributed by atoms with van der Waals surface area (Å²) in [5, 5.41) is 4.92. The standard InChI is InChI=1S/C14H20Cl2N2/c1-10(13-6-3-11(15)9-14(13)16)17-7-8-18(2)12-4-5-12/h3,6,9-10,12,17H,4-5,7-8H2,1-2H3. The van der Waals surface area contributed by atoms with Crippen molar-refractivity contribution in [3.63, 3.8) is 0 Å². The van der Waals surface area contributed by atoms with E-state index in [0.717, 1.165) is 29.7 Å². The molecule has 1 aliphatic rings. The summed E-state index contributed by atoms with van der Waals surface area (Å²) in [4.78, 5) is 2.42. The molecule has 100 valence electrons. The van der Waals surface area contributed by atoms with Crippen LogP contribution >= 0.6 is 23.2 Å². The van der Waals surface area contributed by atoms with Crippen LogP contribution < -0.4 is 5.32 Å². The molecule has 0 bridgehead atoms. The Hall–Kier alpha value is -0.280. The first-order valence-electron chi connectivity index (χ1n) is 6.46. The van der Waals surface area contributed by atoms with Gasteiger partial charge >= 0.3 is 0 Å². The first-order chi connectivity index (χ1) is 8.58. The molecule has 2 nitrogen and oxygen atoms in total. The fourth-order valence-electron chi connectivity index (χ4n) is 2.12. The van der Waals surface area contributed by atoms with Crippen molar-refractivity contribution >= 4 is 23.2 Å². The van der Waals surface area contributed by atoms with Gasteiger partial charge in [0.1, 0.15) is 0 Å².